The molecule has 1 aromatic heterocycles. The van der Waals surface area contributed by atoms with Crippen molar-refractivity contribution in [3.63, 3.8) is 0 Å². The fraction of sp³-hybridized carbons (Fsp3) is 0.750. The maximum absolute atomic E-state index is 5.69. The lowest BCUT2D eigenvalue weighted by Gasteiger charge is -2.22. The Kier molecular flexibility index (Phi) is 4.12. The fourth-order valence-electron chi connectivity index (χ4n) is 2.27. The van der Waals surface area contributed by atoms with Gasteiger partial charge in [0.05, 0.1) is 0 Å². The normalized spacial score (nSPS) is 17.0. The SMILES string of the molecule is CCCc1nc(N)nc(NC2CCCCC2)n1. The number of aromatic nitrogens is 3. The van der Waals surface area contributed by atoms with Crippen LogP contribution in [0.4, 0.5) is 11.9 Å². The largest absolute Gasteiger partial charge is 0.368 e. The van der Waals surface area contributed by atoms with Gasteiger partial charge >= 0.3 is 0 Å². The van der Waals surface area contributed by atoms with Crippen molar-refractivity contribution in [2.75, 3.05) is 11.1 Å². The average molecular weight is 235 g/mol. The first kappa shape index (κ1) is 12.1. The molecule has 1 aromatic rings. The molecule has 3 N–H and O–H groups in total. The van der Waals surface area contributed by atoms with E-state index in [1.807, 2.05) is 0 Å². The summed E-state index contributed by atoms with van der Waals surface area (Å²) >= 11 is 0. The molecule has 5 heteroatoms. The van der Waals surface area contributed by atoms with Crippen LogP contribution in [-0.2, 0) is 6.42 Å². The molecule has 1 heterocycles. The number of aryl methyl sites for hydroxylation is 1. The standard InChI is InChI=1S/C12H21N5/c1-2-6-10-15-11(13)17-12(16-10)14-9-7-4-3-5-8-9/h9H,2-8H2,1H3,(H3,13,14,15,16,17). The van der Waals surface area contributed by atoms with Gasteiger partial charge in [-0.15, -0.1) is 0 Å². The Morgan fingerprint density at radius 3 is 2.65 bits per heavy atom. The van der Waals surface area contributed by atoms with Gasteiger partial charge in [0.2, 0.25) is 11.9 Å². The highest BCUT2D eigenvalue weighted by atomic mass is 15.2. The number of hydrogen-bond donors (Lipinski definition) is 2. The molecule has 0 aromatic carbocycles. The van der Waals surface area contributed by atoms with Gasteiger partial charge in [0, 0.05) is 12.5 Å². The van der Waals surface area contributed by atoms with Crippen LogP contribution in [0.25, 0.3) is 0 Å². The molecule has 1 aliphatic carbocycles. The lowest BCUT2D eigenvalue weighted by atomic mass is 9.96. The topological polar surface area (TPSA) is 76.7 Å². The zero-order valence-electron chi connectivity index (χ0n) is 10.4. The number of anilines is 2. The molecule has 0 spiro atoms. The summed E-state index contributed by atoms with van der Waals surface area (Å²) in [7, 11) is 0. The highest BCUT2D eigenvalue weighted by Crippen LogP contribution is 2.20. The maximum Gasteiger partial charge on any atom is 0.227 e. The average Bonchev–Trinajstić information content (AvgIpc) is 2.30. The Labute approximate surface area is 102 Å². The number of nitrogens with zero attached hydrogens (tertiary/aromatic N) is 3. The lowest BCUT2D eigenvalue weighted by molar-refractivity contribution is 0.460. The third kappa shape index (κ3) is 3.54. The molecule has 0 aliphatic heterocycles. The van der Waals surface area contributed by atoms with E-state index >= 15 is 0 Å². The number of nitrogen functional groups attached to an aromatic ring is 1. The summed E-state index contributed by atoms with van der Waals surface area (Å²) in [6.07, 6.45) is 8.21. The van der Waals surface area contributed by atoms with Crippen molar-refractivity contribution in [2.24, 2.45) is 0 Å². The molecule has 17 heavy (non-hydrogen) atoms. The van der Waals surface area contributed by atoms with Crippen LogP contribution in [0.1, 0.15) is 51.3 Å². The second-order valence-corrected chi connectivity index (χ2v) is 4.66. The van der Waals surface area contributed by atoms with E-state index in [1.165, 1.54) is 32.1 Å². The minimum absolute atomic E-state index is 0.321. The first-order valence-corrected chi connectivity index (χ1v) is 6.55. The second kappa shape index (κ2) is 5.80. The van der Waals surface area contributed by atoms with Gasteiger partial charge < -0.3 is 11.1 Å². The summed E-state index contributed by atoms with van der Waals surface area (Å²) in [6, 6.07) is 0.500. The number of rotatable bonds is 4. The predicted octanol–water partition coefficient (Wildman–Crippen LogP) is 2.15. The third-order valence-corrected chi connectivity index (χ3v) is 3.11. The van der Waals surface area contributed by atoms with Crippen molar-refractivity contribution < 1.29 is 0 Å². The number of nitrogens with one attached hydrogen (secondary N) is 1. The Morgan fingerprint density at radius 2 is 1.94 bits per heavy atom. The number of hydrogen-bond acceptors (Lipinski definition) is 5. The van der Waals surface area contributed by atoms with Crippen LogP contribution in [0.5, 0.6) is 0 Å². The highest BCUT2D eigenvalue weighted by Gasteiger charge is 2.14. The Bertz CT molecular complexity index is 360. The monoisotopic (exact) mass is 235 g/mol. The van der Waals surface area contributed by atoms with E-state index in [0.29, 0.717) is 17.9 Å². The maximum atomic E-state index is 5.69. The molecule has 0 bridgehead atoms. The van der Waals surface area contributed by atoms with Gasteiger partial charge in [-0.05, 0) is 19.3 Å². The van der Waals surface area contributed by atoms with Crippen LogP contribution in [0, 0.1) is 0 Å². The van der Waals surface area contributed by atoms with Crippen molar-refractivity contribution in [1.29, 1.82) is 0 Å². The van der Waals surface area contributed by atoms with E-state index in [0.717, 1.165) is 18.7 Å². The molecule has 0 atom stereocenters. The molecule has 2 rings (SSSR count). The molecule has 0 radical (unpaired) electrons. The van der Waals surface area contributed by atoms with Crippen LogP contribution < -0.4 is 11.1 Å². The minimum Gasteiger partial charge on any atom is -0.368 e. The van der Waals surface area contributed by atoms with Crippen LogP contribution in [0.15, 0.2) is 0 Å². The van der Waals surface area contributed by atoms with E-state index in [2.05, 4.69) is 27.2 Å². The molecular weight excluding hydrogens is 214 g/mol. The molecular formula is C12H21N5. The Morgan fingerprint density at radius 1 is 1.18 bits per heavy atom. The van der Waals surface area contributed by atoms with E-state index in [9.17, 15) is 0 Å². The minimum atomic E-state index is 0.321. The zero-order valence-corrected chi connectivity index (χ0v) is 10.4. The van der Waals surface area contributed by atoms with Crippen LogP contribution in [0.2, 0.25) is 0 Å². The van der Waals surface area contributed by atoms with E-state index in [1.54, 1.807) is 0 Å². The van der Waals surface area contributed by atoms with E-state index < -0.39 is 0 Å². The van der Waals surface area contributed by atoms with Crippen LogP contribution in [0.3, 0.4) is 0 Å². The van der Waals surface area contributed by atoms with E-state index in [4.69, 9.17) is 5.73 Å². The molecule has 94 valence electrons. The first-order valence-electron chi connectivity index (χ1n) is 6.55. The molecule has 0 amide bonds. The lowest BCUT2D eigenvalue weighted by Crippen LogP contribution is -2.24. The van der Waals surface area contributed by atoms with Gasteiger partial charge in [-0.1, -0.05) is 26.2 Å². The van der Waals surface area contributed by atoms with Crippen LogP contribution >= 0.6 is 0 Å². The van der Waals surface area contributed by atoms with Gasteiger partial charge in [0.15, 0.2) is 0 Å². The summed E-state index contributed by atoms with van der Waals surface area (Å²) in [5.74, 6) is 1.76. The quantitative estimate of drug-likeness (QED) is 0.836. The number of nitrogens with two attached hydrogens (primary N) is 1. The fourth-order valence-corrected chi connectivity index (χ4v) is 2.27. The Hall–Kier alpha value is -1.39. The Balaban J connectivity index is 2.03. The molecule has 0 saturated heterocycles. The van der Waals surface area contributed by atoms with E-state index in [-0.39, 0.29) is 0 Å². The molecule has 5 nitrogen and oxygen atoms in total. The van der Waals surface area contributed by atoms with Crippen LogP contribution in [-0.4, -0.2) is 21.0 Å². The van der Waals surface area contributed by atoms with Crippen molar-refractivity contribution >= 4 is 11.9 Å². The molecule has 1 aliphatic rings. The summed E-state index contributed by atoms with van der Waals surface area (Å²) in [5, 5.41) is 3.38. The van der Waals surface area contributed by atoms with Gasteiger partial charge in [-0.2, -0.15) is 15.0 Å². The predicted molar refractivity (Wildman–Crippen MR) is 68.7 cm³/mol. The summed E-state index contributed by atoms with van der Waals surface area (Å²) in [5.41, 5.74) is 5.69. The van der Waals surface area contributed by atoms with Gasteiger partial charge in [0.1, 0.15) is 5.82 Å². The van der Waals surface area contributed by atoms with Gasteiger partial charge in [0.25, 0.3) is 0 Å². The van der Waals surface area contributed by atoms with Gasteiger partial charge in [-0.3, -0.25) is 0 Å². The van der Waals surface area contributed by atoms with Crippen molar-refractivity contribution in [2.45, 2.75) is 57.9 Å². The van der Waals surface area contributed by atoms with Crippen molar-refractivity contribution in [3.05, 3.63) is 5.82 Å². The second-order valence-electron chi connectivity index (χ2n) is 4.66. The smallest absolute Gasteiger partial charge is 0.227 e. The molecule has 0 unspecified atom stereocenters. The first-order chi connectivity index (χ1) is 8.28. The summed E-state index contributed by atoms with van der Waals surface area (Å²) in [4.78, 5) is 12.7. The van der Waals surface area contributed by atoms with Gasteiger partial charge in [-0.25, -0.2) is 0 Å². The molecule has 1 saturated carbocycles. The highest BCUT2D eigenvalue weighted by molar-refractivity contribution is 5.32. The summed E-state index contributed by atoms with van der Waals surface area (Å²) in [6.45, 7) is 2.11. The van der Waals surface area contributed by atoms with Crippen molar-refractivity contribution in [1.82, 2.24) is 15.0 Å². The molecule has 1 fully saturated rings. The summed E-state index contributed by atoms with van der Waals surface area (Å²) < 4.78 is 0. The van der Waals surface area contributed by atoms with Crippen molar-refractivity contribution in [3.8, 4) is 0 Å². The zero-order chi connectivity index (χ0) is 12.1. The third-order valence-electron chi connectivity index (χ3n) is 3.11.